The Morgan fingerprint density at radius 2 is 1.93 bits per heavy atom. The molecule has 0 aliphatic carbocycles. The number of aromatic amines is 1. The van der Waals surface area contributed by atoms with Gasteiger partial charge >= 0.3 is 0 Å². The first-order valence-corrected chi connectivity index (χ1v) is 4.92. The van der Waals surface area contributed by atoms with E-state index in [0.29, 0.717) is 5.82 Å². The molecule has 0 radical (unpaired) electrons. The van der Waals surface area contributed by atoms with Crippen molar-refractivity contribution in [2.45, 2.75) is 0 Å². The zero-order valence-electron chi connectivity index (χ0n) is 8.42. The fourth-order valence-electron chi connectivity index (χ4n) is 1.72. The molecule has 82 valence electrons. The number of piperazine rings is 1. The molecule has 2 rings (SSSR count). The zero-order chi connectivity index (χ0) is 10.8. The molecule has 1 aliphatic heterocycles. The number of aromatic nitrogens is 1. The van der Waals surface area contributed by atoms with Gasteiger partial charge in [-0.25, -0.2) is 0 Å². The summed E-state index contributed by atoms with van der Waals surface area (Å²) in [6.45, 7) is 3.57. The second-order valence-electron chi connectivity index (χ2n) is 3.59. The molecule has 1 aromatic heterocycles. The first-order valence-electron chi connectivity index (χ1n) is 4.92. The highest BCUT2D eigenvalue weighted by Gasteiger charge is 2.14. The van der Waals surface area contributed by atoms with Crippen molar-refractivity contribution in [3.63, 3.8) is 0 Å². The predicted octanol–water partition coefficient (Wildman–Crippen LogP) is -1.05. The van der Waals surface area contributed by atoms with Crippen LogP contribution in [0.25, 0.3) is 0 Å². The first-order chi connectivity index (χ1) is 7.18. The van der Waals surface area contributed by atoms with Crippen molar-refractivity contribution in [2.75, 3.05) is 42.5 Å². The highest BCUT2D eigenvalue weighted by molar-refractivity contribution is 5.67. The van der Waals surface area contributed by atoms with E-state index in [1.54, 1.807) is 6.07 Å². The number of hydrogen-bond donors (Lipinski definition) is 4. The van der Waals surface area contributed by atoms with Gasteiger partial charge < -0.3 is 26.7 Å². The van der Waals surface area contributed by atoms with Crippen LogP contribution in [0.3, 0.4) is 0 Å². The second-order valence-corrected chi connectivity index (χ2v) is 3.59. The summed E-state index contributed by atoms with van der Waals surface area (Å²) >= 11 is 0. The van der Waals surface area contributed by atoms with Crippen LogP contribution in [0.5, 0.6) is 0 Å². The maximum absolute atomic E-state index is 11.2. The Labute approximate surface area is 87.3 Å². The number of anilines is 3. The molecule has 0 aromatic carbocycles. The predicted molar refractivity (Wildman–Crippen MR) is 61.0 cm³/mol. The van der Waals surface area contributed by atoms with E-state index in [1.165, 1.54) is 0 Å². The minimum absolute atomic E-state index is 0.206. The van der Waals surface area contributed by atoms with E-state index in [0.717, 1.165) is 31.9 Å². The highest BCUT2D eigenvalue weighted by Crippen LogP contribution is 2.21. The average Bonchev–Trinajstić information content (AvgIpc) is 2.25. The number of pyridine rings is 1. The van der Waals surface area contributed by atoms with Gasteiger partial charge in [-0.15, -0.1) is 0 Å². The summed E-state index contributed by atoms with van der Waals surface area (Å²) < 4.78 is 0. The second kappa shape index (κ2) is 3.82. The molecule has 6 N–H and O–H groups in total. The fourth-order valence-corrected chi connectivity index (χ4v) is 1.72. The number of H-pyrrole nitrogens is 1. The van der Waals surface area contributed by atoms with Crippen molar-refractivity contribution in [1.29, 1.82) is 0 Å². The summed E-state index contributed by atoms with van der Waals surface area (Å²) in [6, 6.07) is 1.64. The number of hydrogen-bond acceptors (Lipinski definition) is 5. The van der Waals surface area contributed by atoms with Gasteiger partial charge in [0.25, 0.3) is 5.56 Å². The summed E-state index contributed by atoms with van der Waals surface area (Å²) in [7, 11) is 0. The van der Waals surface area contributed by atoms with Gasteiger partial charge in [-0.1, -0.05) is 0 Å². The van der Waals surface area contributed by atoms with Crippen molar-refractivity contribution >= 4 is 17.2 Å². The Morgan fingerprint density at radius 3 is 2.60 bits per heavy atom. The van der Waals surface area contributed by atoms with Crippen LogP contribution in [0.15, 0.2) is 10.9 Å². The van der Waals surface area contributed by atoms with Gasteiger partial charge in [0.1, 0.15) is 5.82 Å². The Kier molecular flexibility index (Phi) is 2.51. The SMILES string of the molecule is Nc1[nH]c(=O)c(N)cc1N1CCNCC1. The fraction of sp³-hybridized carbons (Fsp3) is 0.444. The third-order valence-corrected chi connectivity index (χ3v) is 2.54. The Hall–Kier alpha value is -1.69. The van der Waals surface area contributed by atoms with Crippen LogP contribution in [-0.2, 0) is 0 Å². The molecule has 0 saturated carbocycles. The van der Waals surface area contributed by atoms with E-state index in [-0.39, 0.29) is 11.2 Å². The molecule has 0 amide bonds. The summed E-state index contributed by atoms with van der Waals surface area (Å²) in [4.78, 5) is 15.8. The summed E-state index contributed by atoms with van der Waals surface area (Å²) in [5, 5.41) is 3.24. The molecule has 0 unspecified atom stereocenters. The zero-order valence-corrected chi connectivity index (χ0v) is 8.42. The lowest BCUT2D eigenvalue weighted by atomic mass is 10.2. The van der Waals surface area contributed by atoms with Crippen LogP contribution in [0.1, 0.15) is 0 Å². The van der Waals surface area contributed by atoms with Crippen LogP contribution in [0.2, 0.25) is 0 Å². The molecule has 1 saturated heterocycles. The van der Waals surface area contributed by atoms with Crippen LogP contribution in [-0.4, -0.2) is 31.2 Å². The van der Waals surface area contributed by atoms with Crippen molar-refractivity contribution in [3.05, 3.63) is 16.4 Å². The van der Waals surface area contributed by atoms with Crippen molar-refractivity contribution < 1.29 is 0 Å². The largest absolute Gasteiger partial charge is 0.394 e. The van der Waals surface area contributed by atoms with E-state index >= 15 is 0 Å². The minimum Gasteiger partial charge on any atom is -0.394 e. The van der Waals surface area contributed by atoms with Gasteiger partial charge in [-0.2, -0.15) is 0 Å². The van der Waals surface area contributed by atoms with Crippen molar-refractivity contribution in [2.24, 2.45) is 0 Å². The van der Waals surface area contributed by atoms with E-state index in [4.69, 9.17) is 11.5 Å². The number of nitrogens with one attached hydrogen (secondary N) is 2. The molecule has 6 nitrogen and oxygen atoms in total. The lowest BCUT2D eigenvalue weighted by Crippen LogP contribution is -2.44. The smallest absolute Gasteiger partial charge is 0.272 e. The molecule has 0 bridgehead atoms. The molecule has 6 heteroatoms. The van der Waals surface area contributed by atoms with Crippen molar-refractivity contribution in [3.8, 4) is 0 Å². The average molecular weight is 209 g/mol. The maximum atomic E-state index is 11.2. The van der Waals surface area contributed by atoms with Gasteiger partial charge in [0.15, 0.2) is 0 Å². The van der Waals surface area contributed by atoms with E-state index in [1.807, 2.05) is 0 Å². The standard InChI is InChI=1S/C9H15N5O/c10-6-5-7(8(11)13-9(6)15)14-3-1-12-2-4-14/h5,12H,1-4,10H2,(H3,11,13,15). The molecule has 1 aliphatic rings. The molecule has 1 fully saturated rings. The quantitative estimate of drug-likeness (QED) is 0.473. The van der Waals surface area contributed by atoms with Gasteiger partial charge in [-0.05, 0) is 6.07 Å². The maximum Gasteiger partial charge on any atom is 0.272 e. The Morgan fingerprint density at radius 1 is 1.27 bits per heavy atom. The van der Waals surface area contributed by atoms with E-state index in [2.05, 4.69) is 15.2 Å². The van der Waals surface area contributed by atoms with Gasteiger partial charge in [0, 0.05) is 26.2 Å². The molecule has 1 aromatic rings. The van der Waals surface area contributed by atoms with Gasteiger partial charge in [0.2, 0.25) is 0 Å². The van der Waals surface area contributed by atoms with Crippen LogP contribution < -0.4 is 27.2 Å². The molecule has 0 spiro atoms. The van der Waals surface area contributed by atoms with Crippen LogP contribution in [0.4, 0.5) is 17.2 Å². The van der Waals surface area contributed by atoms with Gasteiger partial charge in [0.05, 0.1) is 11.4 Å². The number of rotatable bonds is 1. The molecular weight excluding hydrogens is 194 g/mol. The van der Waals surface area contributed by atoms with Crippen LogP contribution in [0, 0.1) is 0 Å². The van der Waals surface area contributed by atoms with Crippen LogP contribution >= 0.6 is 0 Å². The Bertz CT molecular complexity index is 407. The molecule has 15 heavy (non-hydrogen) atoms. The first kappa shape index (κ1) is 9.85. The number of nitrogen functional groups attached to an aromatic ring is 2. The monoisotopic (exact) mass is 209 g/mol. The Balaban J connectivity index is 2.34. The van der Waals surface area contributed by atoms with E-state index in [9.17, 15) is 4.79 Å². The normalized spacial score (nSPS) is 16.7. The summed E-state index contributed by atoms with van der Waals surface area (Å²) in [5.74, 6) is 0.385. The lowest BCUT2D eigenvalue weighted by Gasteiger charge is -2.30. The van der Waals surface area contributed by atoms with Gasteiger partial charge in [-0.3, -0.25) is 4.79 Å². The molecule has 2 heterocycles. The topological polar surface area (TPSA) is 100 Å². The molecular formula is C9H15N5O. The number of nitrogens with two attached hydrogens (primary N) is 2. The lowest BCUT2D eigenvalue weighted by molar-refractivity contribution is 0.589. The highest BCUT2D eigenvalue weighted by atomic mass is 16.1. The van der Waals surface area contributed by atoms with E-state index < -0.39 is 0 Å². The summed E-state index contributed by atoms with van der Waals surface area (Å²) in [5.41, 5.74) is 12.0. The van der Waals surface area contributed by atoms with Crippen molar-refractivity contribution in [1.82, 2.24) is 10.3 Å². The minimum atomic E-state index is -0.327. The third kappa shape index (κ3) is 1.89. The third-order valence-electron chi connectivity index (χ3n) is 2.54. The molecule has 0 atom stereocenters. The summed E-state index contributed by atoms with van der Waals surface area (Å²) in [6.07, 6.45) is 0. The number of nitrogens with zero attached hydrogens (tertiary/aromatic N) is 1.